The zero-order valence-corrected chi connectivity index (χ0v) is 17.9. The first-order valence-electron chi connectivity index (χ1n) is 9.68. The first-order valence-corrected chi connectivity index (χ1v) is 9.68. The van der Waals surface area contributed by atoms with Crippen LogP contribution in [0.3, 0.4) is 0 Å². The molecule has 0 atom stereocenters. The average molecular weight is 411 g/mol. The molecule has 1 aliphatic rings. The monoisotopic (exact) mass is 411 g/mol. The van der Waals surface area contributed by atoms with Crippen LogP contribution in [-0.2, 0) is 25.4 Å². The molecule has 1 amide bonds. The molecule has 7 nitrogen and oxygen atoms in total. The van der Waals surface area contributed by atoms with Crippen LogP contribution in [0.2, 0.25) is 0 Å². The van der Waals surface area contributed by atoms with E-state index in [9.17, 15) is 9.59 Å². The lowest BCUT2D eigenvalue weighted by atomic mass is 9.78. The number of carbonyl (C=O) groups excluding carboxylic acids is 2. The third kappa shape index (κ3) is 4.83. The van der Waals surface area contributed by atoms with E-state index < -0.39 is 30.4 Å². The minimum Gasteiger partial charge on any atom is -0.465 e. The molecule has 0 radical (unpaired) electrons. The first kappa shape index (κ1) is 21.9. The molecule has 1 fully saturated rings. The molecular formula is C22H26BNO6. The van der Waals surface area contributed by atoms with Crippen molar-refractivity contribution in [2.45, 2.75) is 45.5 Å². The molecule has 0 unspecified atom stereocenters. The summed E-state index contributed by atoms with van der Waals surface area (Å²) in [6, 6.07) is 14.2. The topological polar surface area (TPSA) is 83.1 Å². The molecule has 2 aromatic carbocycles. The van der Waals surface area contributed by atoms with E-state index in [1.165, 1.54) is 13.2 Å². The van der Waals surface area contributed by atoms with Gasteiger partial charge >= 0.3 is 19.2 Å². The first-order chi connectivity index (χ1) is 14.1. The van der Waals surface area contributed by atoms with E-state index in [0.29, 0.717) is 11.2 Å². The second-order valence-corrected chi connectivity index (χ2v) is 8.11. The van der Waals surface area contributed by atoms with Gasteiger partial charge in [-0.15, -0.1) is 0 Å². The van der Waals surface area contributed by atoms with Crippen LogP contribution in [0.1, 0.15) is 43.6 Å². The largest absolute Gasteiger partial charge is 0.494 e. The average Bonchev–Trinajstić information content (AvgIpc) is 2.93. The Labute approximate surface area is 176 Å². The van der Waals surface area contributed by atoms with Gasteiger partial charge in [0.05, 0.1) is 23.9 Å². The highest BCUT2D eigenvalue weighted by atomic mass is 16.7. The highest BCUT2D eigenvalue weighted by molar-refractivity contribution is 6.62. The summed E-state index contributed by atoms with van der Waals surface area (Å²) in [5.74, 6) is -0.533. The van der Waals surface area contributed by atoms with E-state index in [1.54, 1.807) is 12.1 Å². The SMILES string of the molecule is COC(=O)c1cc(NC(=O)OCc2ccccc2)cc(B2OC(C)(C)C(C)(C)O2)c1. The van der Waals surface area contributed by atoms with E-state index >= 15 is 0 Å². The molecule has 1 N–H and O–H groups in total. The number of esters is 1. The van der Waals surface area contributed by atoms with E-state index in [0.717, 1.165) is 5.56 Å². The number of amides is 1. The van der Waals surface area contributed by atoms with Gasteiger partial charge in [-0.3, -0.25) is 5.32 Å². The number of methoxy groups -OCH3 is 1. The van der Waals surface area contributed by atoms with Crippen LogP contribution in [0.15, 0.2) is 48.5 Å². The van der Waals surface area contributed by atoms with E-state index in [-0.39, 0.29) is 12.2 Å². The Hall–Kier alpha value is -2.84. The second kappa shape index (κ2) is 8.49. The summed E-state index contributed by atoms with van der Waals surface area (Å²) < 4.78 is 22.2. The zero-order valence-electron chi connectivity index (χ0n) is 17.9. The maximum Gasteiger partial charge on any atom is 0.494 e. The summed E-state index contributed by atoms with van der Waals surface area (Å²) in [5, 5.41) is 2.66. The lowest BCUT2D eigenvalue weighted by Gasteiger charge is -2.32. The van der Waals surface area contributed by atoms with Crippen molar-refractivity contribution in [1.29, 1.82) is 0 Å². The number of anilines is 1. The highest BCUT2D eigenvalue weighted by Crippen LogP contribution is 2.36. The highest BCUT2D eigenvalue weighted by Gasteiger charge is 2.51. The van der Waals surface area contributed by atoms with Gasteiger partial charge in [-0.25, -0.2) is 9.59 Å². The Morgan fingerprint density at radius 2 is 1.63 bits per heavy atom. The molecule has 1 aliphatic heterocycles. The van der Waals surface area contributed by atoms with Gasteiger partial charge in [0.15, 0.2) is 0 Å². The Kier molecular flexibility index (Phi) is 6.19. The Bertz CT molecular complexity index is 912. The maximum atomic E-state index is 12.3. The molecule has 2 aromatic rings. The van der Waals surface area contributed by atoms with Crippen LogP contribution in [0.25, 0.3) is 0 Å². The fraction of sp³-hybridized carbons (Fsp3) is 0.364. The van der Waals surface area contributed by atoms with Gasteiger partial charge in [-0.1, -0.05) is 30.3 Å². The molecule has 0 aromatic heterocycles. The van der Waals surface area contributed by atoms with Gasteiger partial charge < -0.3 is 18.8 Å². The molecular weight excluding hydrogens is 385 g/mol. The third-order valence-electron chi connectivity index (χ3n) is 5.36. The molecule has 1 heterocycles. The lowest BCUT2D eigenvalue weighted by molar-refractivity contribution is 0.00578. The second-order valence-electron chi connectivity index (χ2n) is 8.11. The summed E-state index contributed by atoms with van der Waals surface area (Å²) in [6.45, 7) is 7.90. The quantitative estimate of drug-likeness (QED) is 0.599. The summed E-state index contributed by atoms with van der Waals surface area (Å²) in [6.07, 6.45) is -0.638. The van der Waals surface area contributed by atoms with Crippen molar-refractivity contribution in [2.75, 3.05) is 12.4 Å². The molecule has 158 valence electrons. The lowest BCUT2D eigenvalue weighted by Crippen LogP contribution is -2.41. The molecule has 0 aliphatic carbocycles. The smallest absolute Gasteiger partial charge is 0.465 e. The number of ether oxygens (including phenoxy) is 2. The summed E-state index contributed by atoms with van der Waals surface area (Å²) in [5.41, 5.74) is 1.02. The molecule has 30 heavy (non-hydrogen) atoms. The summed E-state index contributed by atoms with van der Waals surface area (Å²) in [4.78, 5) is 24.4. The molecule has 0 spiro atoms. The predicted octanol–water partition coefficient (Wildman–Crippen LogP) is 3.52. The Morgan fingerprint density at radius 1 is 1.00 bits per heavy atom. The number of carbonyl (C=O) groups is 2. The van der Waals surface area contributed by atoms with Crippen molar-refractivity contribution in [1.82, 2.24) is 0 Å². The Morgan fingerprint density at radius 3 is 2.23 bits per heavy atom. The van der Waals surface area contributed by atoms with E-state index in [4.69, 9.17) is 18.8 Å². The number of hydrogen-bond acceptors (Lipinski definition) is 6. The van der Waals surface area contributed by atoms with Gasteiger partial charge in [-0.05, 0) is 56.9 Å². The van der Waals surface area contributed by atoms with Crippen molar-refractivity contribution in [3.05, 3.63) is 59.7 Å². The van der Waals surface area contributed by atoms with Crippen LogP contribution in [0.5, 0.6) is 0 Å². The predicted molar refractivity (Wildman–Crippen MR) is 114 cm³/mol. The molecule has 8 heteroatoms. The van der Waals surface area contributed by atoms with Crippen LogP contribution in [-0.4, -0.2) is 37.5 Å². The van der Waals surface area contributed by atoms with Crippen molar-refractivity contribution in [3.63, 3.8) is 0 Å². The van der Waals surface area contributed by atoms with Crippen LogP contribution in [0, 0.1) is 0 Å². The molecule has 0 saturated carbocycles. The van der Waals surface area contributed by atoms with Gasteiger partial charge in [-0.2, -0.15) is 0 Å². The summed E-state index contributed by atoms with van der Waals surface area (Å²) in [7, 11) is 0.603. The van der Waals surface area contributed by atoms with Crippen molar-refractivity contribution >= 4 is 30.3 Å². The van der Waals surface area contributed by atoms with Crippen molar-refractivity contribution < 1.29 is 28.4 Å². The normalized spacial score (nSPS) is 16.8. The van der Waals surface area contributed by atoms with Crippen molar-refractivity contribution in [3.8, 4) is 0 Å². The van der Waals surface area contributed by atoms with Gasteiger partial charge in [0, 0.05) is 5.69 Å². The van der Waals surface area contributed by atoms with E-state index in [1.807, 2.05) is 58.0 Å². The molecule has 3 rings (SSSR count). The van der Waals surface area contributed by atoms with E-state index in [2.05, 4.69) is 5.32 Å². The summed E-state index contributed by atoms with van der Waals surface area (Å²) >= 11 is 0. The van der Waals surface area contributed by atoms with Gasteiger partial charge in [0.2, 0.25) is 0 Å². The van der Waals surface area contributed by atoms with Crippen LogP contribution >= 0.6 is 0 Å². The minimum absolute atomic E-state index is 0.132. The van der Waals surface area contributed by atoms with Gasteiger partial charge in [0.1, 0.15) is 6.61 Å². The number of rotatable bonds is 5. The van der Waals surface area contributed by atoms with Gasteiger partial charge in [0.25, 0.3) is 0 Å². The fourth-order valence-corrected chi connectivity index (χ4v) is 2.95. The zero-order chi connectivity index (χ0) is 21.9. The molecule has 0 bridgehead atoms. The maximum absolute atomic E-state index is 12.3. The Balaban J connectivity index is 1.79. The standard InChI is InChI=1S/C22H26BNO6/c1-21(2)22(3,4)30-23(29-21)17-11-16(19(25)27-5)12-18(13-17)24-20(26)28-14-15-9-7-6-8-10-15/h6-13H,14H2,1-5H3,(H,24,26). The van der Waals surface area contributed by atoms with Crippen molar-refractivity contribution in [2.24, 2.45) is 0 Å². The number of nitrogens with one attached hydrogen (secondary N) is 1. The van der Waals surface area contributed by atoms with Crippen LogP contribution < -0.4 is 10.8 Å². The van der Waals surface area contributed by atoms with Crippen LogP contribution in [0.4, 0.5) is 10.5 Å². The number of hydrogen-bond donors (Lipinski definition) is 1. The third-order valence-corrected chi connectivity index (χ3v) is 5.36. The molecule has 1 saturated heterocycles. The fourth-order valence-electron chi connectivity index (χ4n) is 2.95. The number of benzene rings is 2. The minimum atomic E-state index is -0.694.